The summed E-state index contributed by atoms with van der Waals surface area (Å²) in [5.41, 5.74) is 4.15. The Balaban J connectivity index is 1.84. The highest BCUT2D eigenvalue weighted by atomic mass is 35.5. The molecule has 2 N–H and O–H groups in total. The molecule has 0 fully saturated rings. The molecule has 1 amide bonds. The van der Waals surface area contributed by atoms with Crippen molar-refractivity contribution in [3.8, 4) is 11.3 Å². The van der Waals surface area contributed by atoms with Gasteiger partial charge >= 0.3 is 0 Å². The number of amides is 1. The smallest absolute Gasteiger partial charge is 0.274 e. The van der Waals surface area contributed by atoms with Crippen LogP contribution in [0.15, 0.2) is 29.6 Å². The average molecular weight is 388 g/mol. The van der Waals surface area contributed by atoms with E-state index in [2.05, 4.69) is 15.3 Å². The van der Waals surface area contributed by atoms with E-state index in [1.54, 1.807) is 19.1 Å². The highest BCUT2D eigenvalue weighted by molar-refractivity contribution is 7.14. The van der Waals surface area contributed by atoms with Crippen molar-refractivity contribution in [2.75, 3.05) is 5.32 Å². The van der Waals surface area contributed by atoms with Crippen LogP contribution in [0.5, 0.6) is 0 Å². The van der Waals surface area contributed by atoms with Crippen LogP contribution in [-0.4, -0.2) is 21.7 Å². The van der Waals surface area contributed by atoms with E-state index in [1.807, 2.05) is 24.4 Å². The van der Waals surface area contributed by atoms with E-state index >= 15 is 0 Å². The fourth-order valence-corrected chi connectivity index (χ4v) is 3.79. The van der Waals surface area contributed by atoms with Gasteiger partial charge in [0.15, 0.2) is 10.9 Å². The highest BCUT2D eigenvalue weighted by Gasteiger charge is 2.22. The summed E-state index contributed by atoms with van der Waals surface area (Å²) in [6.45, 7) is 5.23. The number of carbonyl (C=O) groups is 2. The van der Waals surface area contributed by atoms with Crippen molar-refractivity contribution >= 4 is 39.8 Å². The maximum absolute atomic E-state index is 12.7. The van der Waals surface area contributed by atoms with Gasteiger partial charge in [0.2, 0.25) is 0 Å². The number of Topliss-reactive ketones (excluding diaryl/α,β-unsaturated/α-hetero) is 1. The van der Waals surface area contributed by atoms with Crippen LogP contribution in [0.3, 0.4) is 0 Å². The van der Waals surface area contributed by atoms with Gasteiger partial charge in [0.1, 0.15) is 5.69 Å². The third-order valence-corrected chi connectivity index (χ3v) is 5.10. The molecule has 134 valence electrons. The number of anilines is 1. The minimum Gasteiger partial charge on any atom is -0.354 e. The number of halogens is 1. The molecule has 0 radical (unpaired) electrons. The van der Waals surface area contributed by atoms with Crippen molar-refractivity contribution in [2.45, 2.75) is 27.2 Å². The van der Waals surface area contributed by atoms with E-state index in [4.69, 9.17) is 11.6 Å². The zero-order valence-electron chi connectivity index (χ0n) is 14.6. The topological polar surface area (TPSA) is 74.8 Å². The molecule has 3 rings (SSSR count). The number of H-pyrrole nitrogens is 1. The zero-order chi connectivity index (χ0) is 18.8. The van der Waals surface area contributed by atoms with Crippen LogP contribution in [0, 0.1) is 6.92 Å². The molecule has 0 aliphatic rings. The van der Waals surface area contributed by atoms with Gasteiger partial charge in [-0.2, -0.15) is 0 Å². The van der Waals surface area contributed by atoms with Gasteiger partial charge in [-0.15, -0.1) is 11.3 Å². The normalized spacial score (nSPS) is 10.8. The Morgan fingerprint density at radius 1 is 1.27 bits per heavy atom. The van der Waals surface area contributed by atoms with Gasteiger partial charge in [-0.1, -0.05) is 30.7 Å². The Bertz CT molecular complexity index is 973. The van der Waals surface area contributed by atoms with Crippen LogP contribution in [0.1, 0.15) is 46.0 Å². The molecule has 1 aromatic carbocycles. The molecule has 7 heteroatoms. The molecule has 0 spiro atoms. The average Bonchev–Trinajstić information content (AvgIpc) is 3.19. The summed E-state index contributed by atoms with van der Waals surface area (Å²) in [6.07, 6.45) is 0.593. The van der Waals surface area contributed by atoms with E-state index in [-0.39, 0.29) is 11.7 Å². The van der Waals surface area contributed by atoms with Crippen molar-refractivity contribution in [3.63, 3.8) is 0 Å². The number of aromatic amines is 1. The molecule has 3 aromatic rings. The summed E-state index contributed by atoms with van der Waals surface area (Å²) in [4.78, 5) is 32.0. The standard InChI is InChI=1S/C19H18ClN3O2S/c1-4-14-16(11(3)24)10(2)21-17(14)18(25)23-19-22-15(9-26-19)12-5-7-13(20)8-6-12/h5-9,21H,4H2,1-3H3,(H,22,23,25). The second kappa shape index (κ2) is 7.43. The minimum atomic E-state index is -0.297. The van der Waals surface area contributed by atoms with E-state index in [0.717, 1.165) is 16.8 Å². The predicted octanol–water partition coefficient (Wildman–Crippen LogP) is 5.12. The molecule has 0 aliphatic heterocycles. The van der Waals surface area contributed by atoms with E-state index in [9.17, 15) is 9.59 Å². The third-order valence-electron chi connectivity index (χ3n) is 4.09. The molecule has 0 saturated heterocycles. The van der Waals surface area contributed by atoms with Crippen molar-refractivity contribution in [3.05, 3.63) is 57.2 Å². The monoisotopic (exact) mass is 387 g/mol. The lowest BCUT2D eigenvalue weighted by Gasteiger charge is -2.03. The van der Waals surface area contributed by atoms with Crippen molar-refractivity contribution in [1.29, 1.82) is 0 Å². The first-order valence-electron chi connectivity index (χ1n) is 8.15. The number of nitrogens with one attached hydrogen (secondary N) is 2. The van der Waals surface area contributed by atoms with Crippen LogP contribution < -0.4 is 5.32 Å². The van der Waals surface area contributed by atoms with Gasteiger partial charge in [0.05, 0.1) is 5.69 Å². The predicted molar refractivity (Wildman–Crippen MR) is 105 cm³/mol. The lowest BCUT2D eigenvalue weighted by atomic mass is 10.0. The van der Waals surface area contributed by atoms with Gasteiger partial charge < -0.3 is 4.98 Å². The first-order chi connectivity index (χ1) is 12.4. The third kappa shape index (κ3) is 3.57. The fourth-order valence-electron chi connectivity index (χ4n) is 2.94. The molecule has 0 unspecified atom stereocenters. The fraction of sp³-hybridized carbons (Fsp3) is 0.211. The number of ketones is 1. The Morgan fingerprint density at radius 2 is 1.96 bits per heavy atom. The SMILES string of the molecule is CCc1c(C(=O)Nc2nc(-c3ccc(Cl)cc3)cs2)[nH]c(C)c1C(C)=O. The second-order valence-electron chi connectivity index (χ2n) is 5.89. The van der Waals surface area contributed by atoms with Crippen LogP contribution in [0.4, 0.5) is 5.13 Å². The molecular formula is C19H18ClN3O2S. The van der Waals surface area contributed by atoms with Crippen molar-refractivity contribution in [2.24, 2.45) is 0 Å². The number of hydrogen-bond donors (Lipinski definition) is 2. The number of aromatic nitrogens is 2. The Morgan fingerprint density at radius 3 is 2.58 bits per heavy atom. The highest BCUT2D eigenvalue weighted by Crippen LogP contribution is 2.27. The van der Waals surface area contributed by atoms with Crippen LogP contribution in [0.2, 0.25) is 5.02 Å². The number of benzene rings is 1. The number of aryl methyl sites for hydroxylation is 1. The summed E-state index contributed by atoms with van der Waals surface area (Å²) < 4.78 is 0. The van der Waals surface area contributed by atoms with Crippen molar-refractivity contribution in [1.82, 2.24) is 9.97 Å². The summed E-state index contributed by atoms with van der Waals surface area (Å²) in [5, 5.41) is 5.85. The number of rotatable bonds is 5. The summed E-state index contributed by atoms with van der Waals surface area (Å²) in [7, 11) is 0. The summed E-state index contributed by atoms with van der Waals surface area (Å²) in [5.74, 6) is -0.344. The number of hydrogen-bond acceptors (Lipinski definition) is 4. The Hall–Kier alpha value is -2.44. The van der Waals surface area contributed by atoms with E-state index in [0.29, 0.717) is 33.5 Å². The van der Waals surface area contributed by atoms with Crippen LogP contribution in [-0.2, 0) is 6.42 Å². The van der Waals surface area contributed by atoms with Gasteiger partial charge in [0, 0.05) is 27.2 Å². The largest absolute Gasteiger partial charge is 0.354 e. The lowest BCUT2D eigenvalue weighted by molar-refractivity contribution is 0.101. The first-order valence-corrected chi connectivity index (χ1v) is 9.41. The number of nitrogens with zero attached hydrogens (tertiary/aromatic N) is 1. The maximum Gasteiger partial charge on any atom is 0.274 e. The van der Waals surface area contributed by atoms with Gasteiger partial charge in [-0.25, -0.2) is 4.98 Å². The summed E-state index contributed by atoms with van der Waals surface area (Å²) in [6, 6.07) is 7.36. The minimum absolute atomic E-state index is 0.0473. The first kappa shape index (κ1) is 18.4. The number of carbonyl (C=O) groups excluding carboxylic acids is 2. The van der Waals surface area contributed by atoms with Crippen LogP contribution >= 0.6 is 22.9 Å². The summed E-state index contributed by atoms with van der Waals surface area (Å²) >= 11 is 7.25. The lowest BCUT2D eigenvalue weighted by Crippen LogP contribution is -2.14. The van der Waals surface area contributed by atoms with Gasteiger partial charge in [-0.3, -0.25) is 14.9 Å². The van der Waals surface area contributed by atoms with Crippen LogP contribution in [0.25, 0.3) is 11.3 Å². The van der Waals surface area contributed by atoms with Gasteiger partial charge in [0.25, 0.3) is 5.91 Å². The van der Waals surface area contributed by atoms with Gasteiger partial charge in [-0.05, 0) is 38.0 Å². The molecule has 0 aliphatic carbocycles. The van der Waals surface area contributed by atoms with E-state index < -0.39 is 0 Å². The molecule has 5 nitrogen and oxygen atoms in total. The zero-order valence-corrected chi connectivity index (χ0v) is 16.2. The Kier molecular flexibility index (Phi) is 5.25. The second-order valence-corrected chi connectivity index (χ2v) is 7.18. The Labute approximate surface area is 160 Å². The molecule has 0 saturated carbocycles. The number of thiazole rings is 1. The molecule has 26 heavy (non-hydrogen) atoms. The van der Waals surface area contributed by atoms with Crippen molar-refractivity contribution < 1.29 is 9.59 Å². The molecule has 2 heterocycles. The van der Waals surface area contributed by atoms with E-state index in [1.165, 1.54) is 18.3 Å². The molecule has 2 aromatic heterocycles. The molecular weight excluding hydrogens is 370 g/mol. The maximum atomic E-state index is 12.7. The molecule has 0 bridgehead atoms. The molecule has 0 atom stereocenters. The quantitative estimate of drug-likeness (QED) is 0.597.